The zero-order valence-corrected chi connectivity index (χ0v) is 33.9. The third-order valence-electron chi connectivity index (χ3n) is 10.2. The van der Waals surface area contributed by atoms with Crippen molar-refractivity contribution in [1.82, 2.24) is 0 Å². The molecule has 0 aliphatic carbocycles. The number of carbonyl (C=O) groups is 3. The van der Waals surface area contributed by atoms with Crippen LogP contribution in [0.5, 0.6) is 0 Å². The molecule has 0 fully saturated rings. The summed E-state index contributed by atoms with van der Waals surface area (Å²) in [7, 11) is 0. The lowest BCUT2D eigenvalue weighted by Crippen LogP contribution is -2.30. The Hall–Kier alpha value is -1.59. The summed E-state index contributed by atoms with van der Waals surface area (Å²) in [4.78, 5) is 37.3. The maximum Gasteiger partial charge on any atom is 0.306 e. The van der Waals surface area contributed by atoms with Crippen LogP contribution in [-0.4, -0.2) is 37.2 Å². The Balaban J connectivity index is 4.12. The smallest absolute Gasteiger partial charge is 0.306 e. The van der Waals surface area contributed by atoms with Gasteiger partial charge < -0.3 is 14.2 Å². The molecule has 0 saturated heterocycles. The molecule has 50 heavy (non-hydrogen) atoms. The largest absolute Gasteiger partial charge is 0.462 e. The molecule has 0 amide bonds. The molecule has 0 bridgehead atoms. The van der Waals surface area contributed by atoms with Gasteiger partial charge in [0.25, 0.3) is 0 Å². The van der Waals surface area contributed by atoms with Crippen molar-refractivity contribution < 1.29 is 28.6 Å². The molecule has 0 aliphatic heterocycles. The average Bonchev–Trinajstić information content (AvgIpc) is 3.11. The lowest BCUT2D eigenvalue weighted by molar-refractivity contribution is -0.167. The Morgan fingerprint density at radius 2 is 0.700 bits per heavy atom. The summed E-state index contributed by atoms with van der Waals surface area (Å²) in [5.41, 5.74) is 0. The van der Waals surface area contributed by atoms with E-state index in [4.69, 9.17) is 14.2 Å². The second kappa shape index (κ2) is 38.6. The number of hydrogen-bond acceptors (Lipinski definition) is 6. The second-order valence-corrected chi connectivity index (χ2v) is 15.2. The van der Waals surface area contributed by atoms with Crippen LogP contribution in [0, 0.1) is 5.92 Å². The summed E-state index contributed by atoms with van der Waals surface area (Å²) < 4.78 is 16.6. The molecule has 0 radical (unpaired) electrons. The number of ether oxygens (including phenoxy) is 3. The zero-order chi connectivity index (χ0) is 36.8. The molecular formula is C44H84O6. The minimum Gasteiger partial charge on any atom is -0.462 e. The van der Waals surface area contributed by atoms with Gasteiger partial charge in [0.2, 0.25) is 0 Å². The maximum atomic E-state index is 12.5. The average molecular weight is 709 g/mol. The molecular weight excluding hydrogens is 624 g/mol. The fraction of sp³-hybridized carbons (Fsp3) is 0.932. The molecule has 0 aromatic heterocycles. The van der Waals surface area contributed by atoms with Crippen molar-refractivity contribution >= 4 is 17.9 Å². The Labute approximate surface area is 310 Å². The monoisotopic (exact) mass is 709 g/mol. The molecule has 0 aliphatic rings. The molecule has 0 aromatic carbocycles. The van der Waals surface area contributed by atoms with Crippen LogP contribution in [0.4, 0.5) is 0 Å². The Morgan fingerprint density at radius 3 is 1.04 bits per heavy atom. The van der Waals surface area contributed by atoms with E-state index < -0.39 is 6.10 Å². The van der Waals surface area contributed by atoms with Gasteiger partial charge in [0.05, 0.1) is 0 Å². The van der Waals surface area contributed by atoms with E-state index in [1.807, 2.05) is 0 Å². The summed E-state index contributed by atoms with van der Waals surface area (Å²) >= 11 is 0. The van der Waals surface area contributed by atoms with Gasteiger partial charge in [-0.25, -0.2) is 0 Å². The molecule has 6 nitrogen and oxygen atoms in total. The van der Waals surface area contributed by atoms with Crippen LogP contribution >= 0.6 is 0 Å². The van der Waals surface area contributed by atoms with Crippen molar-refractivity contribution in [2.75, 3.05) is 13.2 Å². The standard InChI is InChI=1S/C44H84O6/c1-5-8-10-12-13-14-15-16-17-18-19-20-21-22-23-28-31-35-42(45)48-38-41(50-44(47)37-33-26-11-9-6-2)39-49-43(46)36-32-29-25-24-27-30-34-40(4)7-3/h40-41H,5-39H2,1-4H3/t40?,41-/m0/s1. The molecule has 0 rings (SSSR count). The predicted octanol–water partition coefficient (Wildman–Crippen LogP) is 13.6. The van der Waals surface area contributed by atoms with Crippen molar-refractivity contribution in [1.29, 1.82) is 0 Å². The number of hydrogen-bond donors (Lipinski definition) is 0. The number of rotatable bonds is 39. The normalized spacial score (nSPS) is 12.5. The fourth-order valence-electron chi connectivity index (χ4n) is 6.42. The first-order chi connectivity index (χ1) is 24.4. The van der Waals surface area contributed by atoms with Gasteiger partial charge in [0.1, 0.15) is 13.2 Å². The Kier molecular flexibility index (Phi) is 37.4. The number of esters is 3. The first-order valence-electron chi connectivity index (χ1n) is 21.9. The highest BCUT2D eigenvalue weighted by Gasteiger charge is 2.19. The minimum atomic E-state index is -0.757. The van der Waals surface area contributed by atoms with Gasteiger partial charge in [-0.3, -0.25) is 14.4 Å². The number of unbranched alkanes of at least 4 members (excludes halogenated alkanes) is 25. The molecule has 0 spiro atoms. The minimum absolute atomic E-state index is 0.0662. The van der Waals surface area contributed by atoms with E-state index in [1.54, 1.807) is 0 Å². The Morgan fingerprint density at radius 1 is 0.400 bits per heavy atom. The summed E-state index contributed by atoms with van der Waals surface area (Å²) in [6, 6.07) is 0. The van der Waals surface area contributed by atoms with Gasteiger partial charge in [-0.15, -0.1) is 0 Å². The van der Waals surface area contributed by atoms with Gasteiger partial charge in [-0.2, -0.15) is 0 Å². The van der Waals surface area contributed by atoms with Crippen LogP contribution in [0.2, 0.25) is 0 Å². The summed E-state index contributed by atoms with van der Waals surface area (Å²) in [5.74, 6) is -0.0601. The van der Waals surface area contributed by atoms with Crippen molar-refractivity contribution in [2.45, 2.75) is 246 Å². The molecule has 1 unspecified atom stereocenters. The van der Waals surface area contributed by atoms with Gasteiger partial charge in [0.15, 0.2) is 6.10 Å². The lowest BCUT2D eigenvalue weighted by atomic mass is 10.00. The first kappa shape index (κ1) is 48.4. The second-order valence-electron chi connectivity index (χ2n) is 15.2. The third-order valence-corrected chi connectivity index (χ3v) is 10.2. The summed E-state index contributed by atoms with van der Waals surface area (Å²) in [6.07, 6.45) is 36.9. The zero-order valence-electron chi connectivity index (χ0n) is 33.9. The summed E-state index contributed by atoms with van der Waals surface area (Å²) in [6.45, 7) is 8.88. The van der Waals surface area contributed by atoms with Crippen LogP contribution in [0.1, 0.15) is 240 Å². The van der Waals surface area contributed by atoms with Crippen LogP contribution in [0.15, 0.2) is 0 Å². The van der Waals surface area contributed by atoms with Crippen LogP contribution in [0.25, 0.3) is 0 Å². The van der Waals surface area contributed by atoms with E-state index in [1.165, 1.54) is 128 Å². The fourth-order valence-corrected chi connectivity index (χ4v) is 6.42. The highest BCUT2D eigenvalue weighted by Crippen LogP contribution is 2.16. The van der Waals surface area contributed by atoms with Crippen molar-refractivity contribution in [3.8, 4) is 0 Å². The lowest BCUT2D eigenvalue weighted by Gasteiger charge is -2.18. The van der Waals surface area contributed by atoms with E-state index >= 15 is 0 Å². The molecule has 0 N–H and O–H groups in total. The van der Waals surface area contributed by atoms with Crippen molar-refractivity contribution in [2.24, 2.45) is 5.92 Å². The highest BCUT2D eigenvalue weighted by atomic mass is 16.6. The summed E-state index contributed by atoms with van der Waals surface area (Å²) in [5, 5.41) is 0. The van der Waals surface area contributed by atoms with Crippen molar-refractivity contribution in [3.05, 3.63) is 0 Å². The van der Waals surface area contributed by atoms with E-state index in [9.17, 15) is 14.4 Å². The van der Waals surface area contributed by atoms with Crippen LogP contribution < -0.4 is 0 Å². The Bertz CT molecular complexity index is 753. The molecule has 0 aromatic rings. The molecule has 296 valence electrons. The van der Waals surface area contributed by atoms with Gasteiger partial charge >= 0.3 is 17.9 Å². The van der Waals surface area contributed by atoms with Gasteiger partial charge in [-0.05, 0) is 25.2 Å². The van der Waals surface area contributed by atoms with E-state index in [2.05, 4.69) is 27.7 Å². The molecule has 0 heterocycles. The van der Waals surface area contributed by atoms with E-state index in [0.717, 1.165) is 70.1 Å². The molecule has 2 atom stereocenters. The van der Waals surface area contributed by atoms with Crippen LogP contribution in [0.3, 0.4) is 0 Å². The maximum absolute atomic E-state index is 12.5. The van der Waals surface area contributed by atoms with E-state index in [-0.39, 0.29) is 31.1 Å². The highest BCUT2D eigenvalue weighted by molar-refractivity contribution is 5.71. The first-order valence-corrected chi connectivity index (χ1v) is 21.9. The third kappa shape index (κ3) is 36.2. The SMILES string of the molecule is CCCCCCCCCCCCCCCCCCCC(=O)OC[C@@H](COC(=O)CCCCCCCCC(C)CC)OC(=O)CCCCCCC. The van der Waals surface area contributed by atoms with Gasteiger partial charge in [0, 0.05) is 19.3 Å². The van der Waals surface area contributed by atoms with Crippen molar-refractivity contribution in [3.63, 3.8) is 0 Å². The molecule has 6 heteroatoms. The van der Waals surface area contributed by atoms with Crippen LogP contribution in [-0.2, 0) is 28.6 Å². The number of carbonyl (C=O) groups excluding carboxylic acids is 3. The quantitative estimate of drug-likeness (QED) is 0.0359. The van der Waals surface area contributed by atoms with E-state index in [0.29, 0.717) is 19.3 Å². The van der Waals surface area contributed by atoms with Gasteiger partial charge in [-0.1, -0.05) is 201 Å². The molecule has 0 saturated carbocycles. The predicted molar refractivity (Wildman–Crippen MR) is 210 cm³/mol. The topological polar surface area (TPSA) is 78.9 Å².